The summed E-state index contributed by atoms with van der Waals surface area (Å²) in [6.45, 7) is 9.54. The standard InChI is InChI=1S/C49H35N/c1-47(2)36-19-7-5-15-32(36)35-29-30(27-28-37(35)47)31-17-13-23-41-45(31)48(3,4)38-20-8-9-21-39(38)49(41)40-22-10-12-26-44(40)50-43-25-11-6-16-33(43)34-18-14-24-42(49)46(34)50/h5-8,10-20,22-29H,1-4H3. The first-order valence-electron chi connectivity index (χ1n) is 17.8. The molecule has 0 saturated heterocycles. The van der Waals surface area contributed by atoms with E-state index in [2.05, 4.69) is 184 Å². The van der Waals surface area contributed by atoms with Crippen LogP contribution in [0.5, 0.6) is 0 Å². The van der Waals surface area contributed by atoms with Crippen molar-refractivity contribution < 1.29 is 0 Å². The highest BCUT2D eigenvalue weighted by atomic mass is 15.0. The smallest absolute Gasteiger partial charge is 0.0827 e. The molecule has 2 aliphatic carbocycles. The number of para-hydroxylation sites is 3. The van der Waals surface area contributed by atoms with Crippen molar-refractivity contribution in [3.8, 4) is 27.9 Å². The summed E-state index contributed by atoms with van der Waals surface area (Å²) in [6.07, 6.45) is 0. The second-order valence-corrected chi connectivity index (χ2v) is 15.5. The van der Waals surface area contributed by atoms with Gasteiger partial charge in [0.15, 0.2) is 0 Å². The van der Waals surface area contributed by atoms with E-state index in [4.69, 9.17) is 0 Å². The molecule has 1 nitrogen and oxygen atoms in total. The van der Waals surface area contributed by atoms with E-state index in [9.17, 15) is 0 Å². The van der Waals surface area contributed by atoms with Gasteiger partial charge in [0.1, 0.15) is 0 Å². The van der Waals surface area contributed by atoms with E-state index in [0.29, 0.717) is 0 Å². The maximum absolute atomic E-state index is 3.77. The number of nitrogens with zero attached hydrogens (tertiary/aromatic N) is 1. The molecule has 1 aromatic heterocycles. The first kappa shape index (κ1) is 28.0. The van der Waals surface area contributed by atoms with Crippen LogP contribution in [0.4, 0.5) is 0 Å². The van der Waals surface area contributed by atoms with Crippen LogP contribution < -0.4 is 0 Å². The topological polar surface area (TPSA) is 4.93 Å². The molecule has 1 heteroatoms. The van der Waals surface area contributed by atoms with Crippen LogP contribution >= 0.6 is 0 Å². The van der Waals surface area contributed by atoms with Crippen molar-refractivity contribution in [3.05, 3.63) is 196 Å². The van der Waals surface area contributed by atoms with Gasteiger partial charge in [-0.05, 0) is 91.5 Å². The fourth-order valence-electron chi connectivity index (χ4n) is 10.4. The molecular formula is C49H35N. The molecule has 1 aliphatic heterocycles. The van der Waals surface area contributed by atoms with Crippen LogP contribution in [0.3, 0.4) is 0 Å². The van der Waals surface area contributed by atoms with Gasteiger partial charge in [-0.1, -0.05) is 149 Å². The second kappa shape index (κ2) is 9.23. The maximum Gasteiger partial charge on any atom is 0.0827 e. The number of hydrogen-bond donors (Lipinski definition) is 0. The van der Waals surface area contributed by atoms with Crippen molar-refractivity contribution in [3.63, 3.8) is 0 Å². The zero-order valence-electron chi connectivity index (χ0n) is 28.7. The minimum atomic E-state index is -0.584. The molecule has 3 aliphatic rings. The molecule has 0 saturated carbocycles. The molecular weight excluding hydrogens is 603 g/mol. The van der Waals surface area contributed by atoms with Gasteiger partial charge in [0.05, 0.1) is 22.1 Å². The molecule has 11 rings (SSSR count). The average Bonchev–Trinajstić information content (AvgIpc) is 3.61. The van der Waals surface area contributed by atoms with Gasteiger partial charge < -0.3 is 4.57 Å². The lowest BCUT2D eigenvalue weighted by atomic mass is 9.53. The van der Waals surface area contributed by atoms with Gasteiger partial charge >= 0.3 is 0 Å². The minimum absolute atomic E-state index is 0.0296. The Morgan fingerprint density at radius 2 is 1.18 bits per heavy atom. The van der Waals surface area contributed by atoms with E-state index >= 15 is 0 Å². The van der Waals surface area contributed by atoms with Crippen LogP contribution in [0.2, 0.25) is 0 Å². The Kier molecular flexibility index (Phi) is 5.18. The van der Waals surface area contributed by atoms with Gasteiger partial charge in [0, 0.05) is 27.2 Å². The summed E-state index contributed by atoms with van der Waals surface area (Å²) in [5.74, 6) is 0. The monoisotopic (exact) mass is 637 g/mol. The van der Waals surface area contributed by atoms with Crippen LogP contribution in [-0.4, -0.2) is 4.57 Å². The molecule has 236 valence electrons. The van der Waals surface area contributed by atoms with Crippen molar-refractivity contribution in [2.24, 2.45) is 0 Å². The largest absolute Gasteiger partial charge is 0.309 e. The number of hydrogen-bond acceptors (Lipinski definition) is 0. The number of benzene rings is 6. The molecule has 1 spiro atoms. The Labute approximate surface area is 293 Å². The van der Waals surface area contributed by atoms with E-state index in [1.807, 2.05) is 0 Å². The van der Waals surface area contributed by atoms with Crippen LogP contribution in [0.1, 0.15) is 72.2 Å². The van der Waals surface area contributed by atoms with Crippen LogP contribution in [0, 0.1) is 12.1 Å². The Hall–Kier alpha value is -5.84. The second-order valence-electron chi connectivity index (χ2n) is 15.5. The number of aromatic nitrogens is 1. The molecule has 1 atom stereocenters. The van der Waals surface area contributed by atoms with Gasteiger partial charge in [-0.2, -0.15) is 0 Å². The SMILES string of the molecule is CC1(C)c2ccccc2-c2cc(-c3cccc4c3C(C)(C)c3ccc#cc3C43c4ccccc4-n4c5ccccc5c5cccc3c54)ccc21. The lowest BCUT2D eigenvalue weighted by molar-refractivity contribution is 0.558. The average molecular weight is 638 g/mol. The van der Waals surface area contributed by atoms with Crippen molar-refractivity contribution in [1.29, 1.82) is 0 Å². The molecule has 2 heterocycles. The van der Waals surface area contributed by atoms with E-state index < -0.39 is 5.41 Å². The fourth-order valence-corrected chi connectivity index (χ4v) is 10.4. The molecule has 1 unspecified atom stereocenters. The van der Waals surface area contributed by atoms with Crippen LogP contribution in [0.25, 0.3) is 49.7 Å². The quantitative estimate of drug-likeness (QED) is 0.169. The zero-order chi connectivity index (χ0) is 33.6. The van der Waals surface area contributed by atoms with Gasteiger partial charge in [0.2, 0.25) is 0 Å². The number of fused-ring (bicyclic) bond motifs is 14. The number of rotatable bonds is 1. The molecule has 0 radical (unpaired) electrons. The van der Waals surface area contributed by atoms with E-state index in [1.54, 1.807) is 0 Å². The third-order valence-electron chi connectivity index (χ3n) is 12.5. The minimum Gasteiger partial charge on any atom is -0.309 e. The van der Waals surface area contributed by atoms with Crippen LogP contribution in [-0.2, 0) is 16.2 Å². The van der Waals surface area contributed by atoms with E-state index in [-0.39, 0.29) is 10.8 Å². The van der Waals surface area contributed by atoms with Gasteiger partial charge in [-0.25, -0.2) is 0 Å². The van der Waals surface area contributed by atoms with Gasteiger partial charge in [-0.15, -0.1) is 0 Å². The van der Waals surface area contributed by atoms with Gasteiger partial charge in [0.25, 0.3) is 0 Å². The summed E-state index contributed by atoms with van der Waals surface area (Å²) < 4.78 is 2.51. The highest BCUT2D eigenvalue weighted by molar-refractivity contribution is 6.12. The van der Waals surface area contributed by atoms with E-state index in [0.717, 1.165) is 0 Å². The third-order valence-corrected chi connectivity index (χ3v) is 12.5. The molecule has 8 aromatic rings. The first-order valence-corrected chi connectivity index (χ1v) is 17.8. The molecule has 0 N–H and O–H groups in total. The maximum atomic E-state index is 3.77. The summed E-state index contributed by atoms with van der Waals surface area (Å²) in [4.78, 5) is 0. The van der Waals surface area contributed by atoms with Crippen molar-refractivity contribution in [2.75, 3.05) is 0 Å². The Morgan fingerprint density at radius 1 is 0.500 bits per heavy atom. The van der Waals surface area contributed by atoms with Crippen LogP contribution in [0.15, 0.2) is 140 Å². The van der Waals surface area contributed by atoms with E-state index in [1.165, 1.54) is 94.3 Å². The summed E-state index contributed by atoms with van der Waals surface area (Å²) >= 11 is 0. The molecule has 7 aromatic carbocycles. The highest BCUT2D eigenvalue weighted by Gasteiger charge is 2.53. The summed E-state index contributed by atoms with van der Waals surface area (Å²) in [5, 5.41) is 2.57. The third kappa shape index (κ3) is 3.13. The van der Waals surface area contributed by atoms with Crippen molar-refractivity contribution >= 4 is 21.8 Å². The fraction of sp³-hybridized carbons (Fsp3) is 0.143. The predicted molar refractivity (Wildman–Crippen MR) is 205 cm³/mol. The summed E-state index contributed by atoms with van der Waals surface area (Å²) in [7, 11) is 0. The van der Waals surface area contributed by atoms with Gasteiger partial charge in [-0.3, -0.25) is 0 Å². The highest BCUT2D eigenvalue weighted by Crippen LogP contribution is 2.61. The molecule has 50 heavy (non-hydrogen) atoms. The Morgan fingerprint density at radius 3 is 2.08 bits per heavy atom. The zero-order valence-corrected chi connectivity index (χ0v) is 28.7. The lowest BCUT2D eigenvalue weighted by Crippen LogP contribution is -2.44. The summed E-state index contributed by atoms with van der Waals surface area (Å²) in [6, 6.07) is 59.7. The Bertz CT molecular complexity index is 2770. The van der Waals surface area contributed by atoms with Crippen molar-refractivity contribution in [2.45, 2.75) is 43.9 Å². The lowest BCUT2D eigenvalue weighted by Gasteiger charge is -2.49. The summed E-state index contributed by atoms with van der Waals surface area (Å²) in [5.41, 5.74) is 18.7. The molecule has 0 fully saturated rings. The Balaban J connectivity index is 1.29. The first-order chi connectivity index (χ1) is 24.3. The molecule has 0 bridgehead atoms. The normalized spacial score (nSPS) is 18.2. The molecule has 0 amide bonds. The van der Waals surface area contributed by atoms with Crippen molar-refractivity contribution in [1.82, 2.24) is 4.57 Å². The predicted octanol–water partition coefficient (Wildman–Crippen LogP) is 11.7.